The van der Waals surface area contributed by atoms with E-state index in [1.54, 1.807) is 0 Å². The Morgan fingerprint density at radius 2 is 1.48 bits per heavy atom. The smallest absolute Gasteiger partial charge is 0.306 e. The number of aromatic nitrogens is 2. The lowest BCUT2D eigenvalue weighted by molar-refractivity contribution is -0.149. The summed E-state index contributed by atoms with van der Waals surface area (Å²) in [5.41, 5.74) is 3.24. The van der Waals surface area contributed by atoms with Gasteiger partial charge < -0.3 is 9.47 Å². The molecule has 0 aliphatic carbocycles. The molecule has 5 heteroatoms. The molecule has 33 heavy (non-hydrogen) atoms. The maximum Gasteiger partial charge on any atom is 0.306 e. The highest BCUT2D eigenvalue weighted by molar-refractivity contribution is 5.69. The van der Waals surface area contributed by atoms with Crippen LogP contribution in [0, 0.1) is 0 Å². The van der Waals surface area contributed by atoms with E-state index in [9.17, 15) is 4.79 Å². The summed E-state index contributed by atoms with van der Waals surface area (Å²) in [5.74, 6) is 0.264. The van der Waals surface area contributed by atoms with Gasteiger partial charge >= 0.3 is 5.97 Å². The summed E-state index contributed by atoms with van der Waals surface area (Å²) in [5, 5.41) is 8.46. The first kappa shape index (κ1) is 26.8. The van der Waals surface area contributed by atoms with Gasteiger partial charge in [-0.05, 0) is 37.8 Å². The molecule has 1 aromatic heterocycles. The summed E-state index contributed by atoms with van der Waals surface area (Å²) in [6.45, 7) is 6.46. The molecule has 0 aliphatic heterocycles. The highest BCUT2D eigenvalue weighted by Gasteiger charge is 2.11. The van der Waals surface area contributed by atoms with Gasteiger partial charge in [-0.1, -0.05) is 89.5 Å². The Hall–Kier alpha value is -2.43. The van der Waals surface area contributed by atoms with Crippen molar-refractivity contribution in [3.05, 3.63) is 42.0 Å². The summed E-state index contributed by atoms with van der Waals surface area (Å²) in [6, 6.07) is 12.3. The summed E-state index contributed by atoms with van der Waals surface area (Å²) < 4.78 is 11.0. The van der Waals surface area contributed by atoms with Gasteiger partial charge in [0.25, 0.3) is 0 Å². The minimum Gasteiger partial charge on any atom is -0.473 e. The van der Waals surface area contributed by atoms with Gasteiger partial charge in [-0.2, -0.15) is 0 Å². The number of unbranched alkanes of at least 4 members (excludes halogenated alkanes) is 8. The van der Waals surface area contributed by atoms with Crippen LogP contribution in [0.5, 0.6) is 5.88 Å². The molecule has 2 aromatic rings. The van der Waals surface area contributed by atoms with Crippen molar-refractivity contribution in [1.29, 1.82) is 0 Å². The first-order chi connectivity index (χ1) is 16.1. The highest BCUT2D eigenvalue weighted by atomic mass is 16.6. The number of rotatable bonds is 17. The molecule has 1 unspecified atom stereocenters. The molecule has 0 saturated carbocycles. The summed E-state index contributed by atoms with van der Waals surface area (Å²) in [6.07, 6.45) is 13.6. The van der Waals surface area contributed by atoms with Crippen molar-refractivity contribution in [3.63, 3.8) is 0 Å². The first-order valence-corrected chi connectivity index (χ1v) is 12.9. The van der Waals surface area contributed by atoms with Crippen molar-refractivity contribution in [2.45, 2.75) is 104 Å². The van der Waals surface area contributed by atoms with Gasteiger partial charge in [0.2, 0.25) is 5.88 Å². The topological polar surface area (TPSA) is 61.3 Å². The Morgan fingerprint density at radius 3 is 2.15 bits per heavy atom. The number of aryl methyl sites for hydroxylation is 1. The van der Waals surface area contributed by atoms with Gasteiger partial charge in [-0.25, -0.2) is 0 Å². The van der Waals surface area contributed by atoms with Gasteiger partial charge in [0, 0.05) is 18.1 Å². The van der Waals surface area contributed by atoms with E-state index in [4.69, 9.17) is 9.47 Å². The number of carbonyl (C=O) groups excluding carboxylic acids is 1. The quantitative estimate of drug-likeness (QED) is 0.185. The second kappa shape index (κ2) is 16.2. The standard InChI is InChI=1S/C28H42N2O3/c1-4-6-8-9-10-11-13-14-24-16-18-25(19-17-24)26-20-21-27(30-29-26)32-22-23(3)33-28(31)15-12-7-5-2/h16-21,23H,4-15,22H2,1-3H3. The number of benzene rings is 1. The van der Waals surface area contributed by atoms with Crippen molar-refractivity contribution in [1.82, 2.24) is 10.2 Å². The van der Waals surface area contributed by atoms with Gasteiger partial charge in [0.05, 0.1) is 5.69 Å². The number of ether oxygens (including phenoxy) is 2. The third-order valence-electron chi connectivity index (χ3n) is 5.74. The zero-order chi connectivity index (χ0) is 23.7. The Bertz CT molecular complexity index is 775. The Labute approximate surface area is 200 Å². The van der Waals surface area contributed by atoms with Crippen molar-refractivity contribution in [2.75, 3.05) is 6.61 Å². The summed E-state index contributed by atoms with van der Waals surface area (Å²) in [4.78, 5) is 11.8. The van der Waals surface area contributed by atoms with Gasteiger partial charge in [-0.15, -0.1) is 10.2 Å². The predicted molar refractivity (Wildman–Crippen MR) is 134 cm³/mol. The largest absolute Gasteiger partial charge is 0.473 e. The van der Waals surface area contributed by atoms with Crippen molar-refractivity contribution in [2.24, 2.45) is 0 Å². The summed E-state index contributed by atoms with van der Waals surface area (Å²) in [7, 11) is 0. The Kier molecular flexibility index (Phi) is 13.2. The highest BCUT2D eigenvalue weighted by Crippen LogP contribution is 2.20. The van der Waals surface area contributed by atoms with E-state index in [-0.39, 0.29) is 18.7 Å². The normalized spacial score (nSPS) is 11.8. The van der Waals surface area contributed by atoms with Crippen LogP contribution < -0.4 is 4.74 Å². The van der Waals surface area contributed by atoms with Crippen LogP contribution in [-0.2, 0) is 16.0 Å². The van der Waals surface area contributed by atoms with Crippen LogP contribution in [0.2, 0.25) is 0 Å². The maximum atomic E-state index is 11.8. The van der Waals surface area contributed by atoms with E-state index in [1.807, 2.05) is 19.1 Å². The predicted octanol–water partition coefficient (Wildman–Crippen LogP) is 7.33. The van der Waals surface area contributed by atoms with Crippen LogP contribution in [0.1, 0.15) is 97.0 Å². The molecule has 1 aromatic carbocycles. The molecule has 0 bridgehead atoms. The van der Waals surface area contributed by atoms with Crippen LogP contribution in [0.15, 0.2) is 36.4 Å². The van der Waals surface area contributed by atoms with E-state index < -0.39 is 0 Å². The molecule has 0 amide bonds. The third-order valence-corrected chi connectivity index (χ3v) is 5.74. The SMILES string of the molecule is CCCCCCCCCc1ccc(-c2ccc(OCC(C)OC(=O)CCCCC)nn2)cc1. The molecule has 5 nitrogen and oxygen atoms in total. The molecular formula is C28H42N2O3. The zero-order valence-corrected chi connectivity index (χ0v) is 20.9. The fourth-order valence-electron chi connectivity index (χ4n) is 3.72. The third kappa shape index (κ3) is 11.3. The molecule has 0 aliphatic rings. The van der Waals surface area contributed by atoms with Gasteiger partial charge in [-0.3, -0.25) is 4.79 Å². The zero-order valence-electron chi connectivity index (χ0n) is 20.9. The van der Waals surface area contributed by atoms with E-state index in [2.05, 4.69) is 48.3 Å². The lowest BCUT2D eigenvalue weighted by Gasteiger charge is -2.13. The molecule has 0 saturated heterocycles. The molecule has 0 N–H and O–H groups in total. The van der Waals surface area contributed by atoms with Crippen molar-refractivity contribution in [3.8, 4) is 17.1 Å². The Balaban J connectivity index is 1.70. The van der Waals surface area contributed by atoms with E-state index in [1.165, 1.54) is 50.5 Å². The molecule has 0 radical (unpaired) electrons. The number of nitrogens with zero attached hydrogens (tertiary/aromatic N) is 2. The Morgan fingerprint density at radius 1 is 0.818 bits per heavy atom. The van der Waals surface area contributed by atoms with Crippen molar-refractivity contribution < 1.29 is 14.3 Å². The minimum absolute atomic E-state index is 0.170. The fourth-order valence-corrected chi connectivity index (χ4v) is 3.72. The second-order valence-electron chi connectivity index (χ2n) is 8.89. The summed E-state index contributed by atoms with van der Waals surface area (Å²) >= 11 is 0. The first-order valence-electron chi connectivity index (χ1n) is 12.9. The lowest BCUT2D eigenvalue weighted by atomic mass is 10.0. The van der Waals surface area contributed by atoms with Crippen molar-refractivity contribution >= 4 is 5.97 Å². The monoisotopic (exact) mass is 454 g/mol. The van der Waals surface area contributed by atoms with Gasteiger partial charge in [0.1, 0.15) is 12.7 Å². The molecular weight excluding hydrogens is 412 g/mol. The number of hydrogen-bond donors (Lipinski definition) is 0. The molecule has 0 spiro atoms. The maximum absolute atomic E-state index is 11.8. The van der Waals surface area contributed by atoms with Crippen LogP contribution in [0.3, 0.4) is 0 Å². The fraction of sp³-hybridized carbons (Fsp3) is 0.607. The van der Waals surface area contributed by atoms with Crippen LogP contribution in [0.4, 0.5) is 0 Å². The van der Waals surface area contributed by atoms with E-state index in [0.29, 0.717) is 12.3 Å². The van der Waals surface area contributed by atoms with E-state index in [0.717, 1.165) is 36.9 Å². The minimum atomic E-state index is -0.315. The molecule has 0 fully saturated rings. The molecule has 182 valence electrons. The number of hydrogen-bond acceptors (Lipinski definition) is 5. The number of carbonyl (C=O) groups is 1. The molecule has 2 rings (SSSR count). The van der Waals surface area contributed by atoms with E-state index >= 15 is 0 Å². The van der Waals surface area contributed by atoms with Gasteiger partial charge in [0.15, 0.2) is 0 Å². The second-order valence-corrected chi connectivity index (χ2v) is 8.89. The molecule has 1 heterocycles. The average Bonchev–Trinajstić information content (AvgIpc) is 2.83. The lowest BCUT2D eigenvalue weighted by Crippen LogP contribution is -2.22. The molecule has 1 atom stereocenters. The number of esters is 1. The van der Waals surface area contributed by atoms with Crippen LogP contribution in [-0.4, -0.2) is 28.9 Å². The average molecular weight is 455 g/mol. The van der Waals surface area contributed by atoms with Crippen LogP contribution >= 0.6 is 0 Å². The van der Waals surface area contributed by atoms with Crippen LogP contribution in [0.25, 0.3) is 11.3 Å².